The van der Waals surface area contributed by atoms with Crippen molar-refractivity contribution in [1.29, 1.82) is 0 Å². The molecule has 1 heterocycles. The number of sulfonamides is 1. The largest absolute Gasteiger partial charge is 0.327 e. The summed E-state index contributed by atoms with van der Waals surface area (Å²) in [4.78, 5) is 0.194. The lowest BCUT2D eigenvalue weighted by molar-refractivity contribution is 0.221. The summed E-state index contributed by atoms with van der Waals surface area (Å²) in [6, 6.07) is 3.60. The second-order valence-corrected chi connectivity index (χ2v) is 9.74. The third kappa shape index (κ3) is 3.33. The van der Waals surface area contributed by atoms with Gasteiger partial charge in [0.2, 0.25) is 10.0 Å². The number of alkyl halides is 1. The predicted octanol–water partition coefficient (Wildman–Crippen LogP) is 1.96. The summed E-state index contributed by atoms with van der Waals surface area (Å²) in [6.07, 6.45) is 3.19. The standard InChI is InChI=1S/C18H23FN4O2S/c1-18(2,19)9-21-26(24,25)17-13-7-12(20)5-11(13)6-16-14(17)8-15(22-23-16)10-3-4-10/h6,8,10,12,21H,3-5,7,9,20H2,1-2H3. The average molecular weight is 378 g/mol. The SMILES string of the molecule is CC(C)(F)CNS(=O)(=O)c1c2c(cc3nnc(C4CC4)cc13)CC(N)C2. The maximum Gasteiger partial charge on any atom is 0.241 e. The first-order valence-electron chi connectivity index (χ1n) is 8.90. The van der Waals surface area contributed by atoms with Crippen LogP contribution in [0.3, 0.4) is 0 Å². The lowest BCUT2D eigenvalue weighted by Gasteiger charge is -2.18. The molecule has 3 N–H and O–H groups in total. The first-order chi connectivity index (χ1) is 12.1. The van der Waals surface area contributed by atoms with Gasteiger partial charge in [-0.2, -0.15) is 10.2 Å². The van der Waals surface area contributed by atoms with Crippen LogP contribution in [0.15, 0.2) is 17.0 Å². The number of nitrogens with two attached hydrogens (primary N) is 1. The number of hydrogen-bond donors (Lipinski definition) is 2. The number of hydrogen-bond acceptors (Lipinski definition) is 5. The fraction of sp³-hybridized carbons (Fsp3) is 0.556. The molecule has 4 rings (SSSR count). The number of rotatable bonds is 5. The van der Waals surface area contributed by atoms with Gasteiger partial charge in [-0.15, -0.1) is 0 Å². The van der Waals surface area contributed by atoms with Crippen molar-refractivity contribution in [3.63, 3.8) is 0 Å². The summed E-state index contributed by atoms with van der Waals surface area (Å²) in [5.74, 6) is 0.357. The van der Waals surface area contributed by atoms with Crippen LogP contribution in [-0.4, -0.2) is 36.9 Å². The Morgan fingerprint density at radius 3 is 2.65 bits per heavy atom. The van der Waals surface area contributed by atoms with Crippen LogP contribution in [0.25, 0.3) is 10.9 Å². The zero-order valence-electron chi connectivity index (χ0n) is 14.9. The van der Waals surface area contributed by atoms with Crippen LogP contribution in [0.4, 0.5) is 4.39 Å². The van der Waals surface area contributed by atoms with E-state index in [4.69, 9.17) is 5.73 Å². The molecule has 1 atom stereocenters. The van der Waals surface area contributed by atoms with E-state index in [-0.39, 0.29) is 17.5 Å². The van der Waals surface area contributed by atoms with Gasteiger partial charge in [0.15, 0.2) is 0 Å². The van der Waals surface area contributed by atoms with Crippen molar-refractivity contribution in [2.45, 2.75) is 62.1 Å². The molecule has 8 heteroatoms. The first-order valence-corrected chi connectivity index (χ1v) is 10.4. The quantitative estimate of drug-likeness (QED) is 0.829. The molecule has 0 bridgehead atoms. The number of fused-ring (bicyclic) bond motifs is 2. The minimum atomic E-state index is -3.90. The van der Waals surface area contributed by atoms with Crippen molar-refractivity contribution in [2.24, 2.45) is 5.73 Å². The van der Waals surface area contributed by atoms with Gasteiger partial charge in [0.05, 0.1) is 16.1 Å². The normalized spacial score (nSPS) is 20.5. The van der Waals surface area contributed by atoms with Crippen molar-refractivity contribution < 1.29 is 12.8 Å². The van der Waals surface area contributed by atoms with Crippen LogP contribution in [0, 0.1) is 0 Å². The third-order valence-corrected chi connectivity index (χ3v) is 6.48. The number of benzene rings is 1. The smallest absolute Gasteiger partial charge is 0.241 e. The van der Waals surface area contributed by atoms with Crippen LogP contribution in [-0.2, 0) is 22.9 Å². The van der Waals surface area contributed by atoms with Gasteiger partial charge >= 0.3 is 0 Å². The minimum absolute atomic E-state index is 0.121. The minimum Gasteiger partial charge on any atom is -0.327 e. The molecule has 26 heavy (non-hydrogen) atoms. The van der Waals surface area contributed by atoms with E-state index in [1.807, 2.05) is 12.1 Å². The Morgan fingerprint density at radius 1 is 1.27 bits per heavy atom. The number of nitrogens with zero attached hydrogens (tertiary/aromatic N) is 2. The van der Waals surface area contributed by atoms with Crippen LogP contribution < -0.4 is 10.5 Å². The summed E-state index contributed by atoms with van der Waals surface area (Å²) in [6.45, 7) is 2.39. The Bertz CT molecular complexity index is 981. The molecule has 1 fully saturated rings. The molecular weight excluding hydrogens is 355 g/mol. The molecule has 1 saturated carbocycles. The fourth-order valence-electron chi connectivity index (χ4n) is 3.51. The van der Waals surface area contributed by atoms with E-state index in [1.165, 1.54) is 13.8 Å². The fourth-order valence-corrected chi connectivity index (χ4v) is 5.18. The van der Waals surface area contributed by atoms with E-state index in [2.05, 4.69) is 14.9 Å². The van der Waals surface area contributed by atoms with Crippen LogP contribution >= 0.6 is 0 Å². The van der Waals surface area contributed by atoms with Crippen molar-refractivity contribution in [2.75, 3.05) is 6.54 Å². The lowest BCUT2D eigenvalue weighted by atomic mass is 10.1. The molecule has 2 aliphatic carbocycles. The molecule has 0 amide bonds. The van der Waals surface area contributed by atoms with E-state index < -0.39 is 15.7 Å². The van der Waals surface area contributed by atoms with Gasteiger partial charge in [-0.05, 0) is 62.8 Å². The molecular formula is C18H23FN4O2S. The average Bonchev–Trinajstić information content (AvgIpc) is 3.31. The van der Waals surface area contributed by atoms with Gasteiger partial charge in [-0.25, -0.2) is 17.5 Å². The molecule has 0 radical (unpaired) electrons. The summed E-state index contributed by atoms with van der Waals surface area (Å²) >= 11 is 0. The molecule has 1 aromatic heterocycles. The van der Waals surface area contributed by atoms with Gasteiger partial charge in [0.25, 0.3) is 0 Å². The summed E-state index contributed by atoms with van der Waals surface area (Å²) in [5, 5.41) is 9.09. The van der Waals surface area contributed by atoms with Gasteiger partial charge in [0.1, 0.15) is 5.67 Å². The Balaban J connectivity index is 1.90. The third-order valence-electron chi connectivity index (χ3n) is 4.95. The maximum atomic E-state index is 13.9. The van der Waals surface area contributed by atoms with E-state index in [0.717, 1.165) is 29.7 Å². The zero-order chi connectivity index (χ0) is 18.7. The molecule has 2 aliphatic rings. The van der Waals surface area contributed by atoms with Gasteiger partial charge in [-0.1, -0.05) is 0 Å². The lowest BCUT2D eigenvalue weighted by Crippen LogP contribution is -2.36. The second kappa shape index (κ2) is 5.94. The van der Waals surface area contributed by atoms with Crippen LogP contribution in [0.2, 0.25) is 0 Å². The monoisotopic (exact) mass is 378 g/mol. The highest BCUT2D eigenvalue weighted by atomic mass is 32.2. The van der Waals surface area contributed by atoms with Gasteiger partial charge < -0.3 is 5.73 Å². The van der Waals surface area contributed by atoms with E-state index >= 15 is 0 Å². The van der Waals surface area contributed by atoms with E-state index in [0.29, 0.717) is 29.7 Å². The van der Waals surface area contributed by atoms with Gasteiger partial charge in [0, 0.05) is 23.9 Å². The molecule has 0 aliphatic heterocycles. The molecule has 0 spiro atoms. The first kappa shape index (κ1) is 17.8. The number of aromatic nitrogens is 2. The number of halogens is 1. The Hall–Kier alpha value is -1.64. The van der Waals surface area contributed by atoms with Crippen molar-refractivity contribution in [3.8, 4) is 0 Å². The summed E-state index contributed by atoms with van der Waals surface area (Å²) in [5.41, 5.74) is 7.42. The van der Waals surface area contributed by atoms with Crippen molar-refractivity contribution >= 4 is 20.9 Å². The predicted molar refractivity (Wildman–Crippen MR) is 97.3 cm³/mol. The van der Waals surface area contributed by atoms with Crippen molar-refractivity contribution in [1.82, 2.24) is 14.9 Å². The highest BCUT2D eigenvalue weighted by Gasteiger charge is 2.33. The zero-order valence-corrected chi connectivity index (χ0v) is 15.7. The highest BCUT2D eigenvalue weighted by molar-refractivity contribution is 7.89. The molecule has 1 unspecified atom stereocenters. The molecule has 6 nitrogen and oxygen atoms in total. The van der Waals surface area contributed by atoms with E-state index in [9.17, 15) is 12.8 Å². The molecule has 0 saturated heterocycles. The molecule has 2 aromatic rings. The Labute approximate surface area is 152 Å². The molecule has 140 valence electrons. The number of nitrogens with one attached hydrogen (secondary N) is 1. The summed E-state index contributed by atoms with van der Waals surface area (Å²) < 4.78 is 42.5. The second-order valence-electron chi connectivity index (χ2n) is 8.03. The topological polar surface area (TPSA) is 98.0 Å². The van der Waals surface area contributed by atoms with E-state index in [1.54, 1.807) is 0 Å². The van der Waals surface area contributed by atoms with Crippen molar-refractivity contribution in [3.05, 3.63) is 29.0 Å². The summed E-state index contributed by atoms with van der Waals surface area (Å²) in [7, 11) is -3.90. The highest BCUT2D eigenvalue weighted by Crippen LogP contribution is 2.41. The Morgan fingerprint density at radius 2 is 2.00 bits per heavy atom. The maximum absolute atomic E-state index is 13.9. The van der Waals surface area contributed by atoms with Gasteiger partial charge in [-0.3, -0.25) is 0 Å². The Kier molecular flexibility index (Phi) is 4.05. The molecule has 1 aromatic carbocycles. The van der Waals surface area contributed by atoms with Crippen LogP contribution in [0.5, 0.6) is 0 Å². The van der Waals surface area contributed by atoms with Crippen LogP contribution in [0.1, 0.15) is 49.4 Å².